The SMILES string of the molecule is COc1ccc(C(=O)c2cc(S(=O)(=O)O)c(OC)cc2O)c(O)c1.[KH]. The maximum atomic E-state index is 12.5. The van der Waals surface area contributed by atoms with E-state index in [-0.39, 0.29) is 62.7 Å². The number of benzene rings is 2. The van der Waals surface area contributed by atoms with Crippen LogP contribution in [0.2, 0.25) is 0 Å². The predicted molar refractivity (Wildman–Crippen MR) is 89.7 cm³/mol. The Morgan fingerprint density at radius 2 is 1.56 bits per heavy atom. The molecule has 2 aromatic rings. The van der Waals surface area contributed by atoms with E-state index in [0.717, 1.165) is 19.2 Å². The molecule has 0 radical (unpaired) electrons. The van der Waals surface area contributed by atoms with E-state index in [1.807, 2.05) is 0 Å². The van der Waals surface area contributed by atoms with Gasteiger partial charge in [0.25, 0.3) is 10.1 Å². The molecule has 2 aromatic carbocycles. The number of rotatable bonds is 5. The molecule has 0 saturated carbocycles. The molecule has 0 aromatic heterocycles. The first-order chi connectivity index (χ1) is 11.2. The van der Waals surface area contributed by atoms with E-state index in [0.29, 0.717) is 5.75 Å². The van der Waals surface area contributed by atoms with Gasteiger partial charge in [-0.15, -0.1) is 0 Å². The summed E-state index contributed by atoms with van der Waals surface area (Å²) in [6.07, 6.45) is 0. The molecule has 0 aliphatic rings. The molecule has 0 aliphatic heterocycles. The van der Waals surface area contributed by atoms with E-state index in [4.69, 9.17) is 9.47 Å². The molecule has 3 N–H and O–H groups in total. The summed E-state index contributed by atoms with van der Waals surface area (Å²) < 4.78 is 41.7. The Bertz CT molecular complexity index is 908. The molecule has 130 valence electrons. The summed E-state index contributed by atoms with van der Waals surface area (Å²) in [4.78, 5) is 11.8. The van der Waals surface area contributed by atoms with E-state index >= 15 is 0 Å². The number of carbonyl (C=O) groups is 1. The van der Waals surface area contributed by atoms with Gasteiger partial charge in [0, 0.05) is 12.1 Å². The molecule has 8 nitrogen and oxygen atoms in total. The van der Waals surface area contributed by atoms with Gasteiger partial charge in [0.2, 0.25) is 5.78 Å². The molecular formula is C15H15KO8S. The number of hydrogen-bond acceptors (Lipinski definition) is 7. The molecule has 10 heteroatoms. The van der Waals surface area contributed by atoms with Crippen LogP contribution in [0.5, 0.6) is 23.0 Å². The first-order valence-corrected chi connectivity index (χ1v) is 7.93. The third-order valence-electron chi connectivity index (χ3n) is 3.25. The van der Waals surface area contributed by atoms with Crippen molar-refractivity contribution in [3.63, 3.8) is 0 Å². The molecule has 25 heavy (non-hydrogen) atoms. The van der Waals surface area contributed by atoms with Gasteiger partial charge in [0.05, 0.1) is 25.3 Å². The van der Waals surface area contributed by atoms with E-state index in [9.17, 15) is 28.0 Å². The predicted octanol–water partition coefficient (Wildman–Crippen LogP) is 0.944. The Morgan fingerprint density at radius 1 is 0.960 bits per heavy atom. The zero-order valence-corrected chi connectivity index (χ0v) is 13.5. The fourth-order valence-corrected chi connectivity index (χ4v) is 2.73. The topological polar surface area (TPSA) is 130 Å². The van der Waals surface area contributed by atoms with Gasteiger partial charge < -0.3 is 19.7 Å². The van der Waals surface area contributed by atoms with E-state index in [1.54, 1.807) is 0 Å². The molecule has 0 amide bonds. The monoisotopic (exact) mass is 394 g/mol. The van der Waals surface area contributed by atoms with Crippen molar-refractivity contribution in [2.75, 3.05) is 14.2 Å². The average molecular weight is 394 g/mol. The third kappa shape index (κ3) is 4.73. The van der Waals surface area contributed by atoms with Crippen LogP contribution < -0.4 is 9.47 Å². The first-order valence-electron chi connectivity index (χ1n) is 6.49. The Hall–Kier alpha value is -1.14. The van der Waals surface area contributed by atoms with E-state index in [1.165, 1.54) is 25.3 Å². The van der Waals surface area contributed by atoms with Crippen LogP contribution in [-0.4, -0.2) is 94.6 Å². The Balaban J connectivity index is 0.00000312. The molecule has 0 saturated heterocycles. The van der Waals surface area contributed by atoms with Gasteiger partial charge >= 0.3 is 51.4 Å². The number of phenols is 2. The van der Waals surface area contributed by atoms with Gasteiger partial charge in [-0.25, -0.2) is 0 Å². The molecule has 0 bridgehead atoms. The Kier molecular flexibility index (Phi) is 7.44. The number of carbonyl (C=O) groups excluding carboxylic acids is 1. The number of aromatic hydroxyl groups is 2. The van der Waals surface area contributed by atoms with Gasteiger partial charge in [-0.05, 0) is 18.2 Å². The number of ketones is 1. The second-order valence-corrected chi connectivity index (χ2v) is 6.10. The van der Waals surface area contributed by atoms with E-state index < -0.39 is 37.9 Å². The molecule has 0 unspecified atom stereocenters. The third-order valence-corrected chi connectivity index (χ3v) is 4.13. The van der Waals surface area contributed by atoms with Crippen molar-refractivity contribution in [1.82, 2.24) is 0 Å². The summed E-state index contributed by atoms with van der Waals surface area (Å²) in [6.45, 7) is 0. The fraction of sp³-hybridized carbons (Fsp3) is 0.133. The summed E-state index contributed by atoms with van der Waals surface area (Å²) >= 11 is 0. The number of methoxy groups -OCH3 is 2. The van der Waals surface area contributed by atoms with Crippen molar-refractivity contribution >= 4 is 67.3 Å². The summed E-state index contributed by atoms with van der Waals surface area (Å²) in [5.74, 6) is -1.85. The minimum atomic E-state index is -4.69. The van der Waals surface area contributed by atoms with Crippen molar-refractivity contribution in [3.8, 4) is 23.0 Å². The van der Waals surface area contributed by atoms with Crippen molar-refractivity contribution in [1.29, 1.82) is 0 Å². The Labute approximate surface area is 186 Å². The van der Waals surface area contributed by atoms with Crippen LogP contribution in [0.4, 0.5) is 0 Å². The van der Waals surface area contributed by atoms with Crippen LogP contribution in [0.3, 0.4) is 0 Å². The normalized spacial score (nSPS) is 10.7. The minimum absolute atomic E-state index is 0. The summed E-state index contributed by atoms with van der Waals surface area (Å²) in [5, 5.41) is 19.9. The second kappa shape index (κ2) is 8.49. The standard InChI is InChI=1S/C15H14O8S.K.H/c1-22-8-3-4-9(11(16)5-8)15(18)10-6-14(24(19,20)21)13(23-2)7-12(10)17;;/h3-7,16-17H,1-2H3,(H,19,20,21);;. The van der Waals surface area contributed by atoms with Crippen LogP contribution in [-0.2, 0) is 10.1 Å². The van der Waals surface area contributed by atoms with Crippen molar-refractivity contribution < 1.29 is 37.5 Å². The average Bonchev–Trinajstić information content (AvgIpc) is 2.52. The van der Waals surface area contributed by atoms with Crippen molar-refractivity contribution in [2.24, 2.45) is 0 Å². The number of ether oxygens (including phenoxy) is 2. The summed E-state index contributed by atoms with van der Waals surface area (Å²) in [5.41, 5.74) is -0.610. The fourth-order valence-electron chi connectivity index (χ4n) is 2.07. The van der Waals surface area contributed by atoms with Crippen LogP contribution in [0.1, 0.15) is 15.9 Å². The van der Waals surface area contributed by atoms with Gasteiger partial charge in [0.15, 0.2) is 0 Å². The van der Waals surface area contributed by atoms with Gasteiger partial charge in [-0.1, -0.05) is 0 Å². The first kappa shape index (κ1) is 21.9. The second-order valence-electron chi connectivity index (χ2n) is 4.71. The zero-order chi connectivity index (χ0) is 18.1. The van der Waals surface area contributed by atoms with Crippen LogP contribution in [0, 0.1) is 0 Å². The molecule has 0 fully saturated rings. The zero-order valence-electron chi connectivity index (χ0n) is 12.7. The van der Waals surface area contributed by atoms with Crippen molar-refractivity contribution in [2.45, 2.75) is 4.90 Å². The number of phenolic OH excluding ortho intramolecular Hbond substituents is 2. The van der Waals surface area contributed by atoms with E-state index in [2.05, 4.69) is 0 Å². The molecular weight excluding hydrogens is 379 g/mol. The maximum absolute atomic E-state index is 12.5. The molecule has 0 heterocycles. The van der Waals surface area contributed by atoms with Crippen molar-refractivity contribution in [3.05, 3.63) is 41.5 Å². The quantitative estimate of drug-likeness (QED) is 0.388. The molecule has 2 rings (SSSR count). The molecule has 0 spiro atoms. The van der Waals surface area contributed by atoms with Crippen LogP contribution >= 0.6 is 0 Å². The molecule has 0 atom stereocenters. The van der Waals surface area contributed by atoms with Gasteiger partial charge in [-0.2, -0.15) is 8.42 Å². The van der Waals surface area contributed by atoms with Gasteiger partial charge in [-0.3, -0.25) is 9.35 Å². The Morgan fingerprint density at radius 3 is 2.04 bits per heavy atom. The summed E-state index contributed by atoms with van der Waals surface area (Å²) in [7, 11) is -2.17. The van der Waals surface area contributed by atoms with Gasteiger partial charge in [0.1, 0.15) is 27.9 Å². The molecule has 0 aliphatic carbocycles. The summed E-state index contributed by atoms with van der Waals surface area (Å²) in [6, 6.07) is 5.52. The number of hydrogen-bond donors (Lipinski definition) is 3. The van der Waals surface area contributed by atoms with Crippen LogP contribution in [0.25, 0.3) is 0 Å². The van der Waals surface area contributed by atoms with Crippen LogP contribution in [0.15, 0.2) is 35.2 Å².